The van der Waals surface area contributed by atoms with Gasteiger partial charge in [0.25, 0.3) is 0 Å². The average Bonchev–Trinajstić information content (AvgIpc) is 3.52. The average molecular weight is 481 g/mol. The Kier molecular flexibility index (Phi) is 7.42. The Balaban J connectivity index is 1.46. The molecule has 3 N–H and O–H groups in total. The standard InChI is InChI=1S/C26H36N6O3/c1-26(2,3)35-25(34)27-20(15-18-16-32(4)21-12-8-7-11-19(18)21)23(33)29-24-28-22(30-31-24)14-13-17-9-5-6-10-17/h7-8,11-12,16-17,20H,5-6,9-10,13-15H2,1-4H3,(H,27,34)(H2,28,29,30,31,33)/t20-/m1/s1. The lowest BCUT2D eigenvalue weighted by atomic mass is 10.0. The molecule has 1 saturated carbocycles. The first-order valence-electron chi connectivity index (χ1n) is 12.4. The number of aryl methyl sites for hydroxylation is 2. The number of rotatable bonds is 8. The molecule has 0 bridgehead atoms. The largest absolute Gasteiger partial charge is 0.444 e. The van der Waals surface area contributed by atoms with Crippen molar-refractivity contribution in [3.8, 4) is 0 Å². The molecule has 35 heavy (non-hydrogen) atoms. The minimum Gasteiger partial charge on any atom is -0.444 e. The molecule has 1 aliphatic carbocycles. The van der Waals surface area contributed by atoms with Gasteiger partial charge in [-0.15, -0.1) is 5.10 Å². The van der Waals surface area contributed by atoms with E-state index in [4.69, 9.17) is 4.74 Å². The topological polar surface area (TPSA) is 114 Å². The molecular weight excluding hydrogens is 444 g/mol. The molecule has 2 aromatic heterocycles. The molecular formula is C26H36N6O3. The lowest BCUT2D eigenvalue weighted by molar-refractivity contribution is -0.118. The van der Waals surface area contributed by atoms with Crippen LogP contribution in [-0.4, -0.2) is 43.4 Å². The molecule has 1 aromatic carbocycles. The zero-order valence-corrected chi connectivity index (χ0v) is 21.1. The highest BCUT2D eigenvalue weighted by atomic mass is 16.6. The minimum absolute atomic E-state index is 0.213. The van der Waals surface area contributed by atoms with E-state index in [0.29, 0.717) is 6.42 Å². The van der Waals surface area contributed by atoms with Crippen LogP contribution in [0.4, 0.5) is 10.7 Å². The number of amides is 2. The van der Waals surface area contributed by atoms with Crippen molar-refractivity contribution < 1.29 is 14.3 Å². The zero-order chi connectivity index (χ0) is 25.0. The number of aromatic amines is 1. The molecule has 2 amide bonds. The van der Waals surface area contributed by atoms with Crippen LogP contribution in [0.15, 0.2) is 30.5 Å². The highest BCUT2D eigenvalue weighted by Gasteiger charge is 2.27. The third-order valence-corrected chi connectivity index (χ3v) is 6.44. The Bertz CT molecular complexity index is 1170. The maximum atomic E-state index is 13.3. The first-order chi connectivity index (χ1) is 16.7. The Hall–Kier alpha value is -3.36. The normalized spacial score (nSPS) is 15.3. The predicted molar refractivity (Wildman–Crippen MR) is 135 cm³/mol. The number of hydrogen-bond donors (Lipinski definition) is 3. The number of alkyl carbamates (subject to hydrolysis) is 1. The third-order valence-electron chi connectivity index (χ3n) is 6.44. The highest BCUT2D eigenvalue weighted by molar-refractivity contribution is 5.96. The number of aromatic nitrogens is 4. The fourth-order valence-electron chi connectivity index (χ4n) is 4.77. The van der Waals surface area contributed by atoms with Crippen molar-refractivity contribution in [2.75, 3.05) is 5.32 Å². The molecule has 1 aliphatic rings. The van der Waals surface area contributed by atoms with Crippen molar-refractivity contribution >= 4 is 28.9 Å². The van der Waals surface area contributed by atoms with E-state index < -0.39 is 23.6 Å². The summed E-state index contributed by atoms with van der Waals surface area (Å²) in [5.74, 6) is 1.33. The number of anilines is 1. The van der Waals surface area contributed by atoms with E-state index in [9.17, 15) is 9.59 Å². The van der Waals surface area contributed by atoms with Gasteiger partial charge in [0.15, 0.2) is 0 Å². The van der Waals surface area contributed by atoms with Gasteiger partial charge in [-0.1, -0.05) is 43.9 Å². The molecule has 9 heteroatoms. The number of para-hydroxylation sites is 1. The number of ether oxygens (including phenoxy) is 1. The van der Waals surface area contributed by atoms with Crippen LogP contribution in [-0.2, 0) is 29.4 Å². The Morgan fingerprint density at radius 3 is 2.71 bits per heavy atom. The molecule has 9 nitrogen and oxygen atoms in total. The second kappa shape index (κ2) is 10.5. The summed E-state index contributed by atoms with van der Waals surface area (Å²) in [5, 5.41) is 13.6. The Morgan fingerprint density at radius 1 is 1.23 bits per heavy atom. The fraction of sp³-hybridized carbons (Fsp3) is 0.538. The van der Waals surface area contributed by atoms with Gasteiger partial charge < -0.3 is 14.6 Å². The summed E-state index contributed by atoms with van der Waals surface area (Å²) in [6, 6.07) is 7.11. The van der Waals surface area contributed by atoms with Crippen LogP contribution < -0.4 is 10.6 Å². The number of nitrogens with one attached hydrogen (secondary N) is 3. The minimum atomic E-state index is -0.865. The second-order valence-corrected chi connectivity index (χ2v) is 10.5. The van der Waals surface area contributed by atoms with Gasteiger partial charge in [0, 0.05) is 37.0 Å². The molecule has 0 unspecified atom stereocenters. The maximum absolute atomic E-state index is 13.3. The van der Waals surface area contributed by atoms with Crippen LogP contribution in [0.5, 0.6) is 0 Å². The van der Waals surface area contributed by atoms with E-state index in [1.165, 1.54) is 25.7 Å². The summed E-state index contributed by atoms with van der Waals surface area (Å²) in [5.41, 5.74) is 1.33. The van der Waals surface area contributed by atoms with Gasteiger partial charge in [0.1, 0.15) is 17.5 Å². The van der Waals surface area contributed by atoms with Gasteiger partial charge in [0.05, 0.1) is 0 Å². The second-order valence-electron chi connectivity index (χ2n) is 10.5. The van der Waals surface area contributed by atoms with Gasteiger partial charge in [-0.3, -0.25) is 15.2 Å². The first kappa shape index (κ1) is 24.8. The van der Waals surface area contributed by atoms with Crippen molar-refractivity contribution in [2.24, 2.45) is 13.0 Å². The molecule has 0 spiro atoms. The summed E-state index contributed by atoms with van der Waals surface area (Å²) in [6.45, 7) is 5.35. The third kappa shape index (κ3) is 6.61. The van der Waals surface area contributed by atoms with Crippen LogP contribution in [0.25, 0.3) is 10.9 Å². The maximum Gasteiger partial charge on any atom is 0.408 e. The first-order valence-corrected chi connectivity index (χ1v) is 12.4. The summed E-state index contributed by atoms with van der Waals surface area (Å²) in [6.07, 6.45) is 8.70. The highest BCUT2D eigenvalue weighted by Crippen LogP contribution is 2.28. The van der Waals surface area contributed by atoms with Crippen molar-refractivity contribution in [2.45, 2.75) is 77.4 Å². The van der Waals surface area contributed by atoms with E-state index in [1.807, 2.05) is 42.1 Å². The number of fused-ring (bicyclic) bond motifs is 1. The Labute approximate surface area is 206 Å². The molecule has 188 valence electrons. The van der Waals surface area contributed by atoms with Gasteiger partial charge in [-0.25, -0.2) is 4.79 Å². The molecule has 1 atom stereocenters. The molecule has 4 rings (SSSR count). The van der Waals surface area contributed by atoms with Gasteiger partial charge in [-0.2, -0.15) is 4.98 Å². The lowest BCUT2D eigenvalue weighted by Crippen LogP contribution is -2.47. The van der Waals surface area contributed by atoms with Gasteiger partial charge in [-0.05, 0) is 44.7 Å². The van der Waals surface area contributed by atoms with Crippen molar-refractivity contribution in [1.82, 2.24) is 25.1 Å². The van der Waals surface area contributed by atoms with Gasteiger partial charge >= 0.3 is 6.09 Å². The molecule has 1 fully saturated rings. The number of carbonyl (C=O) groups is 2. The van der Waals surface area contributed by atoms with Crippen molar-refractivity contribution in [1.29, 1.82) is 0 Å². The number of H-pyrrole nitrogens is 1. The van der Waals surface area contributed by atoms with E-state index in [2.05, 4.69) is 25.8 Å². The van der Waals surface area contributed by atoms with E-state index >= 15 is 0 Å². The molecule has 0 radical (unpaired) electrons. The van der Waals surface area contributed by atoms with Crippen LogP contribution in [0.1, 0.15) is 64.3 Å². The molecule has 3 aromatic rings. The summed E-state index contributed by atoms with van der Waals surface area (Å²) >= 11 is 0. The van der Waals surface area contributed by atoms with E-state index in [0.717, 1.165) is 41.1 Å². The van der Waals surface area contributed by atoms with Crippen molar-refractivity contribution in [3.05, 3.63) is 41.9 Å². The molecule has 0 aliphatic heterocycles. The van der Waals surface area contributed by atoms with Crippen LogP contribution in [0.3, 0.4) is 0 Å². The summed E-state index contributed by atoms with van der Waals surface area (Å²) in [4.78, 5) is 30.2. The van der Waals surface area contributed by atoms with E-state index in [-0.39, 0.29) is 5.95 Å². The van der Waals surface area contributed by atoms with Crippen LogP contribution >= 0.6 is 0 Å². The number of carbonyl (C=O) groups excluding carboxylic acids is 2. The van der Waals surface area contributed by atoms with Crippen LogP contribution in [0, 0.1) is 5.92 Å². The molecule has 2 heterocycles. The van der Waals surface area contributed by atoms with Crippen LogP contribution in [0.2, 0.25) is 0 Å². The number of benzene rings is 1. The Morgan fingerprint density at radius 2 is 1.97 bits per heavy atom. The number of nitrogens with zero attached hydrogens (tertiary/aromatic N) is 3. The molecule has 0 saturated heterocycles. The lowest BCUT2D eigenvalue weighted by Gasteiger charge is -2.23. The zero-order valence-electron chi connectivity index (χ0n) is 21.1. The van der Waals surface area contributed by atoms with Crippen molar-refractivity contribution in [3.63, 3.8) is 0 Å². The smallest absolute Gasteiger partial charge is 0.408 e. The summed E-state index contributed by atoms with van der Waals surface area (Å²) in [7, 11) is 1.96. The SMILES string of the molecule is Cn1cc(C[C@@H](NC(=O)OC(C)(C)C)C(=O)Nc2n[nH]c(CCC3CCCC3)n2)c2ccccc21. The predicted octanol–water partition coefficient (Wildman–Crippen LogP) is 4.49. The quantitative estimate of drug-likeness (QED) is 0.439. The fourth-order valence-corrected chi connectivity index (χ4v) is 4.77. The monoisotopic (exact) mass is 480 g/mol. The summed E-state index contributed by atoms with van der Waals surface area (Å²) < 4.78 is 7.42. The number of hydrogen-bond acceptors (Lipinski definition) is 5. The van der Waals surface area contributed by atoms with E-state index in [1.54, 1.807) is 20.8 Å². The van der Waals surface area contributed by atoms with Gasteiger partial charge in [0.2, 0.25) is 11.9 Å².